The molecule has 2 heterocycles. The van der Waals surface area contributed by atoms with E-state index in [0.29, 0.717) is 36.1 Å². The van der Waals surface area contributed by atoms with Gasteiger partial charge in [0.05, 0.1) is 18.0 Å². The third-order valence-electron chi connectivity index (χ3n) is 5.77. The van der Waals surface area contributed by atoms with Crippen LogP contribution in [0.25, 0.3) is 10.9 Å². The number of carbonyl (C=O) groups excluding carboxylic acids is 1. The number of nitrogens with zero attached hydrogens (tertiary/aromatic N) is 3. The number of amides is 1. The summed E-state index contributed by atoms with van der Waals surface area (Å²) in [6.07, 6.45) is 0.851. The second-order valence-electron chi connectivity index (χ2n) is 7.57. The zero-order valence-corrected chi connectivity index (χ0v) is 17.8. The minimum atomic E-state index is -0.463. The first-order valence-corrected chi connectivity index (χ1v) is 10.5. The van der Waals surface area contributed by atoms with E-state index < -0.39 is 5.69 Å². The van der Waals surface area contributed by atoms with Crippen LogP contribution in [0.5, 0.6) is 5.75 Å². The topological polar surface area (TPSA) is 87.6 Å². The van der Waals surface area contributed by atoms with Crippen molar-refractivity contribution in [1.29, 1.82) is 0 Å². The normalized spacial score (nSPS) is 14.5. The summed E-state index contributed by atoms with van der Waals surface area (Å²) in [5.74, 6) is 0.717. The third kappa shape index (κ3) is 4.05. The molecule has 31 heavy (non-hydrogen) atoms. The lowest BCUT2D eigenvalue weighted by Gasteiger charge is -2.24. The van der Waals surface area contributed by atoms with Gasteiger partial charge in [-0.3, -0.25) is 14.2 Å². The molecule has 0 atom stereocenters. The maximum atomic E-state index is 13.1. The number of carbonyl (C=O) groups is 1. The summed E-state index contributed by atoms with van der Waals surface area (Å²) in [5.41, 5.74) is 1.15. The molecule has 162 valence electrons. The number of benzene rings is 2. The molecule has 0 bridgehead atoms. The van der Waals surface area contributed by atoms with Crippen LogP contribution in [0, 0.1) is 0 Å². The monoisotopic (exact) mass is 422 g/mol. The van der Waals surface area contributed by atoms with Crippen LogP contribution < -0.4 is 20.9 Å². The van der Waals surface area contributed by atoms with Gasteiger partial charge in [0.25, 0.3) is 11.5 Å². The summed E-state index contributed by atoms with van der Waals surface area (Å²) >= 11 is 0. The Morgan fingerprint density at radius 3 is 2.52 bits per heavy atom. The fourth-order valence-electron chi connectivity index (χ4n) is 4.03. The summed E-state index contributed by atoms with van der Waals surface area (Å²) in [6, 6.07) is 12.8. The van der Waals surface area contributed by atoms with Crippen LogP contribution in [0.3, 0.4) is 0 Å². The lowest BCUT2D eigenvalue weighted by Crippen LogP contribution is -2.36. The number of anilines is 1. The van der Waals surface area contributed by atoms with Gasteiger partial charge < -0.3 is 19.5 Å². The molecule has 0 aliphatic carbocycles. The summed E-state index contributed by atoms with van der Waals surface area (Å²) in [6.45, 7) is 4.87. The van der Waals surface area contributed by atoms with Crippen molar-refractivity contribution >= 4 is 22.5 Å². The van der Waals surface area contributed by atoms with Crippen LogP contribution in [0.4, 0.5) is 5.69 Å². The molecule has 1 fully saturated rings. The Labute approximate surface area is 179 Å². The Morgan fingerprint density at radius 2 is 1.81 bits per heavy atom. The molecule has 2 aromatic carbocycles. The molecule has 1 aliphatic rings. The predicted octanol–water partition coefficient (Wildman–Crippen LogP) is 2.07. The highest BCUT2D eigenvalue weighted by molar-refractivity contribution is 5.97. The number of methoxy groups -OCH3 is 1. The standard InChI is InChI=1S/C23H26N4O4/c1-3-27-22(29)19-10-5-16(15-20(19)24-23(27)30)21(28)26-12-4-11-25(13-14-26)17-6-8-18(31-2)9-7-17/h5-10,15H,3-4,11-14H2,1-2H3,(H,24,30). The van der Waals surface area contributed by atoms with Gasteiger partial charge in [0.15, 0.2) is 0 Å². The minimum absolute atomic E-state index is 0.0981. The Kier molecular flexibility index (Phi) is 5.79. The van der Waals surface area contributed by atoms with Crippen molar-refractivity contribution in [2.75, 3.05) is 38.2 Å². The number of fused-ring (bicyclic) bond motifs is 1. The van der Waals surface area contributed by atoms with E-state index in [2.05, 4.69) is 9.88 Å². The minimum Gasteiger partial charge on any atom is -0.497 e. The SMILES string of the molecule is CCn1c(=O)[nH]c2cc(C(=O)N3CCCN(c4ccc(OC)cc4)CC3)ccc2c1=O. The molecule has 1 aliphatic heterocycles. The van der Waals surface area contributed by atoms with Gasteiger partial charge in [-0.15, -0.1) is 0 Å². The van der Waals surface area contributed by atoms with Crippen molar-refractivity contribution in [3.63, 3.8) is 0 Å². The first-order valence-electron chi connectivity index (χ1n) is 10.5. The van der Waals surface area contributed by atoms with E-state index in [1.54, 1.807) is 32.2 Å². The molecule has 8 nitrogen and oxygen atoms in total. The predicted molar refractivity (Wildman–Crippen MR) is 120 cm³/mol. The second-order valence-corrected chi connectivity index (χ2v) is 7.57. The van der Waals surface area contributed by atoms with E-state index >= 15 is 0 Å². The van der Waals surface area contributed by atoms with E-state index in [1.807, 2.05) is 29.2 Å². The van der Waals surface area contributed by atoms with Gasteiger partial charge in [-0.1, -0.05) is 0 Å². The molecule has 1 amide bonds. The van der Waals surface area contributed by atoms with Crippen molar-refractivity contribution in [2.45, 2.75) is 19.9 Å². The van der Waals surface area contributed by atoms with Crippen LogP contribution >= 0.6 is 0 Å². The maximum absolute atomic E-state index is 13.1. The molecule has 0 unspecified atom stereocenters. The van der Waals surface area contributed by atoms with Crippen molar-refractivity contribution in [3.05, 3.63) is 68.9 Å². The number of H-pyrrole nitrogens is 1. The zero-order valence-electron chi connectivity index (χ0n) is 17.8. The molecular formula is C23H26N4O4. The molecule has 8 heteroatoms. The van der Waals surface area contributed by atoms with Gasteiger partial charge in [-0.05, 0) is 55.8 Å². The quantitative estimate of drug-likeness (QED) is 0.696. The molecule has 3 aromatic rings. The Hall–Kier alpha value is -3.55. The fraction of sp³-hybridized carbons (Fsp3) is 0.348. The largest absolute Gasteiger partial charge is 0.497 e. The van der Waals surface area contributed by atoms with E-state index in [1.165, 1.54) is 0 Å². The highest BCUT2D eigenvalue weighted by atomic mass is 16.5. The number of rotatable bonds is 4. The maximum Gasteiger partial charge on any atom is 0.328 e. The second kappa shape index (κ2) is 8.67. The first kappa shape index (κ1) is 20.7. The average molecular weight is 422 g/mol. The Balaban J connectivity index is 1.53. The number of nitrogens with one attached hydrogen (secondary N) is 1. The van der Waals surface area contributed by atoms with Gasteiger partial charge in [0, 0.05) is 44.0 Å². The lowest BCUT2D eigenvalue weighted by atomic mass is 10.1. The summed E-state index contributed by atoms with van der Waals surface area (Å²) in [7, 11) is 1.65. The van der Waals surface area contributed by atoms with Crippen LogP contribution in [-0.4, -0.2) is 53.6 Å². The van der Waals surface area contributed by atoms with Crippen molar-refractivity contribution in [3.8, 4) is 5.75 Å². The van der Waals surface area contributed by atoms with Gasteiger partial charge in [0.1, 0.15) is 5.75 Å². The number of hydrogen-bond donors (Lipinski definition) is 1. The van der Waals surface area contributed by atoms with Gasteiger partial charge in [0.2, 0.25) is 0 Å². The number of hydrogen-bond acceptors (Lipinski definition) is 5. The lowest BCUT2D eigenvalue weighted by molar-refractivity contribution is 0.0767. The van der Waals surface area contributed by atoms with Gasteiger partial charge in [-0.2, -0.15) is 0 Å². The molecule has 0 saturated carbocycles. The number of aromatic amines is 1. The fourth-order valence-corrected chi connectivity index (χ4v) is 4.03. The van der Waals surface area contributed by atoms with E-state index in [4.69, 9.17) is 4.74 Å². The molecule has 4 rings (SSSR count). The summed E-state index contributed by atoms with van der Waals surface area (Å²) in [4.78, 5) is 44.5. The number of aromatic nitrogens is 2. The van der Waals surface area contributed by atoms with Crippen LogP contribution in [0.15, 0.2) is 52.1 Å². The summed E-state index contributed by atoms with van der Waals surface area (Å²) < 4.78 is 6.37. The third-order valence-corrected chi connectivity index (χ3v) is 5.77. The molecule has 1 aromatic heterocycles. The highest BCUT2D eigenvalue weighted by Gasteiger charge is 2.21. The zero-order chi connectivity index (χ0) is 22.0. The van der Waals surface area contributed by atoms with E-state index in [0.717, 1.165) is 35.5 Å². The van der Waals surface area contributed by atoms with E-state index in [9.17, 15) is 14.4 Å². The molecular weight excluding hydrogens is 396 g/mol. The number of ether oxygens (including phenoxy) is 1. The molecule has 0 spiro atoms. The van der Waals surface area contributed by atoms with Crippen molar-refractivity contribution in [2.24, 2.45) is 0 Å². The van der Waals surface area contributed by atoms with Gasteiger partial charge in [-0.25, -0.2) is 4.79 Å². The van der Waals surface area contributed by atoms with E-state index in [-0.39, 0.29) is 11.5 Å². The Bertz CT molecular complexity index is 1210. The molecule has 0 radical (unpaired) electrons. The smallest absolute Gasteiger partial charge is 0.328 e. The highest BCUT2D eigenvalue weighted by Crippen LogP contribution is 2.21. The molecule has 1 saturated heterocycles. The average Bonchev–Trinajstić information content (AvgIpc) is 3.05. The van der Waals surface area contributed by atoms with Crippen molar-refractivity contribution in [1.82, 2.24) is 14.5 Å². The van der Waals surface area contributed by atoms with Crippen LogP contribution in [-0.2, 0) is 6.54 Å². The van der Waals surface area contributed by atoms with Crippen molar-refractivity contribution < 1.29 is 9.53 Å². The molecule has 1 N–H and O–H groups in total. The van der Waals surface area contributed by atoms with Crippen LogP contribution in [0.1, 0.15) is 23.7 Å². The first-order chi connectivity index (χ1) is 15.0. The Morgan fingerprint density at radius 1 is 1.03 bits per heavy atom. The van der Waals surface area contributed by atoms with Crippen LogP contribution in [0.2, 0.25) is 0 Å². The van der Waals surface area contributed by atoms with Gasteiger partial charge >= 0.3 is 5.69 Å². The summed E-state index contributed by atoms with van der Waals surface area (Å²) in [5, 5.41) is 0.402.